The van der Waals surface area contributed by atoms with Gasteiger partial charge in [-0.3, -0.25) is 9.48 Å². The van der Waals surface area contributed by atoms with Crippen LogP contribution in [0.4, 0.5) is 0 Å². The van der Waals surface area contributed by atoms with Gasteiger partial charge < -0.3 is 5.32 Å². The van der Waals surface area contributed by atoms with Crippen molar-refractivity contribution in [2.75, 3.05) is 0 Å². The van der Waals surface area contributed by atoms with E-state index in [0.717, 1.165) is 33.9 Å². The van der Waals surface area contributed by atoms with Crippen LogP contribution < -0.4 is 5.32 Å². The second-order valence-corrected chi connectivity index (χ2v) is 6.99. The van der Waals surface area contributed by atoms with E-state index in [1.165, 1.54) is 0 Å². The van der Waals surface area contributed by atoms with Crippen LogP contribution in [0.5, 0.6) is 0 Å². The first-order chi connectivity index (χ1) is 12.9. The van der Waals surface area contributed by atoms with E-state index in [9.17, 15) is 4.79 Å². The SMILES string of the molecule is Cc1nn(C)c(C)c1CCC(=O)NC(C)c1cnn(-c2ccccc2)c1C. The Balaban J connectivity index is 1.64. The van der Waals surface area contributed by atoms with Crippen LogP contribution in [-0.4, -0.2) is 25.5 Å². The van der Waals surface area contributed by atoms with Gasteiger partial charge in [0.1, 0.15) is 0 Å². The van der Waals surface area contributed by atoms with Gasteiger partial charge in [0.25, 0.3) is 0 Å². The highest BCUT2D eigenvalue weighted by Gasteiger charge is 2.17. The molecule has 6 nitrogen and oxygen atoms in total. The van der Waals surface area contributed by atoms with E-state index in [-0.39, 0.29) is 11.9 Å². The fourth-order valence-corrected chi connectivity index (χ4v) is 3.49. The number of aryl methyl sites for hydroxylation is 2. The van der Waals surface area contributed by atoms with Crippen LogP contribution >= 0.6 is 0 Å². The molecule has 0 saturated carbocycles. The molecule has 2 aromatic heterocycles. The lowest BCUT2D eigenvalue weighted by molar-refractivity contribution is -0.121. The Kier molecular flexibility index (Phi) is 5.44. The number of amides is 1. The predicted molar refractivity (Wildman–Crippen MR) is 106 cm³/mol. The van der Waals surface area contributed by atoms with Gasteiger partial charge >= 0.3 is 0 Å². The fourth-order valence-electron chi connectivity index (χ4n) is 3.49. The number of nitrogens with zero attached hydrogens (tertiary/aromatic N) is 4. The topological polar surface area (TPSA) is 64.7 Å². The van der Waals surface area contributed by atoms with E-state index >= 15 is 0 Å². The molecule has 1 unspecified atom stereocenters. The summed E-state index contributed by atoms with van der Waals surface area (Å²) in [5, 5.41) is 12.0. The molecule has 0 fully saturated rings. The Bertz CT molecular complexity index is 939. The fraction of sp³-hybridized carbons (Fsp3) is 0.381. The largest absolute Gasteiger partial charge is 0.349 e. The van der Waals surface area contributed by atoms with Crippen molar-refractivity contribution >= 4 is 5.91 Å². The first kappa shape index (κ1) is 18.9. The standard InChI is InChI=1S/C21H27N5O/c1-14(20-13-22-26(17(20)4)18-9-7-6-8-10-18)23-21(27)12-11-19-15(2)24-25(5)16(19)3/h6-10,13-14H,11-12H2,1-5H3,(H,23,27). The van der Waals surface area contributed by atoms with Gasteiger partial charge in [0.05, 0.1) is 23.6 Å². The highest BCUT2D eigenvalue weighted by molar-refractivity contribution is 5.76. The Hall–Kier alpha value is -2.89. The van der Waals surface area contributed by atoms with Gasteiger partial charge in [-0.2, -0.15) is 10.2 Å². The first-order valence-corrected chi connectivity index (χ1v) is 9.27. The highest BCUT2D eigenvalue weighted by Crippen LogP contribution is 2.20. The van der Waals surface area contributed by atoms with Crippen molar-refractivity contribution in [3.05, 3.63) is 64.7 Å². The molecule has 1 aromatic carbocycles. The molecule has 3 rings (SSSR count). The summed E-state index contributed by atoms with van der Waals surface area (Å²) in [6.45, 7) is 8.06. The summed E-state index contributed by atoms with van der Waals surface area (Å²) in [6.07, 6.45) is 2.98. The Labute approximate surface area is 160 Å². The molecule has 6 heteroatoms. The molecule has 0 saturated heterocycles. The number of carbonyl (C=O) groups excluding carboxylic acids is 1. The van der Waals surface area contributed by atoms with E-state index in [1.54, 1.807) is 0 Å². The van der Waals surface area contributed by atoms with Gasteiger partial charge in [0.2, 0.25) is 5.91 Å². The summed E-state index contributed by atoms with van der Waals surface area (Å²) in [6, 6.07) is 9.91. The van der Waals surface area contributed by atoms with Crippen LogP contribution in [0, 0.1) is 20.8 Å². The van der Waals surface area contributed by atoms with Gasteiger partial charge in [-0.1, -0.05) is 18.2 Å². The molecule has 1 atom stereocenters. The zero-order valence-corrected chi connectivity index (χ0v) is 16.7. The van der Waals surface area contributed by atoms with Gasteiger partial charge in [0.15, 0.2) is 0 Å². The molecular weight excluding hydrogens is 338 g/mol. The maximum atomic E-state index is 12.5. The molecule has 0 aliphatic rings. The van der Waals surface area contributed by atoms with Crippen molar-refractivity contribution in [1.82, 2.24) is 24.9 Å². The van der Waals surface area contributed by atoms with Gasteiger partial charge in [-0.25, -0.2) is 4.68 Å². The monoisotopic (exact) mass is 365 g/mol. The Morgan fingerprint density at radius 1 is 1.15 bits per heavy atom. The van der Waals surface area contributed by atoms with E-state index in [1.807, 2.05) is 80.6 Å². The van der Waals surface area contributed by atoms with Crippen molar-refractivity contribution in [2.24, 2.45) is 7.05 Å². The van der Waals surface area contributed by atoms with Gasteiger partial charge in [0, 0.05) is 30.4 Å². The third-order valence-electron chi connectivity index (χ3n) is 5.15. The van der Waals surface area contributed by atoms with E-state index in [4.69, 9.17) is 0 Å². The lowest BCUT2D eigenvalue weighted by Crippen LogP contribution is -2.27. The van der Waals surface area contributed by atoms with Crippen molar-refractivity contribution in [3.63, 3.8) is 0 Å². The summed E-state index contributed by atoms with van der Waals surface area (Å²) in [5.74, 6) is 0.0389. The molecule has 0 radical (unpaired) electrons. The van der Waals surface area contributed by atoms with E-state index < -0.39 is 0 Å². The second-order valence-electron chi connectivity index (χ2n) is 6.99. The van der Waals surface area contributed by atoms with E-state index in [2.05, 4.69) is 15.5 Å². The third-order valence-corrected chi connectivity index (χ3v) is 5.15. The minimum Gasteiger partial charge on any atom is -0.349 e. The molecule has 0 aliphatic heterocycles. The minimum absolute atomic E-state index is 0.0389. The molecule has 1 N–H and O–H groups in total. The quantitative estimate of drug-likeness (QED) is 0.729. The van der Waals surface area contributed by atoms with Crippen LogP contribution in [0.3, 0.4) is 0 Å². The molecule has 142 valence electrons. The van der Waals surface area contributed by atoms with Crippen LogP contribution in [0.2, 0.25) is 0 Å². The molecule has 2 heterocycles. The number of rotatable bonds is 6. The summed E-state index contributed by atoms with van der Waals surface area (Å²) < 4.78 is 3.77. The number of hydrogen-bond donors (Lipinski definition) is 1. The maximum Gasteiger partial charge on any atom is 0.220 e. The number of carbonyl (C=O) groups is 1. The summed E-state index contributed by atoms with van der Waals surface area (Å²) >= 11 is 0. The highest BCUT2D eigenvalue weighted by atomic mass is 16.1. The van der Waals surface area contributed by atoms with Crippen LogP contribution in [0.15, 0.2) is 36.5 Å². The first-order valence-electron chi connectivity index (χ1n) is 9.27. The molecule has 0 aliphatic carbocycles. The van der Waals surface area contributed by atoms with Crippen LogP contribution in [-0.2, 0) is 18.3 Å². The number of benzene rings is 1. The summed E-state index contributed by atoms with van der Waals surface area (Å²) in [7, 11) is 1.93. The molecule has 1 amide bonds. The zero-order valence-electron chi connectivity index (χ0n) is 16.7. The summed E-state index contributed by atoms with van der Waals surface area (Å²) in [4.78, 5) is 12.5. The number of para-hydroxylation sites is 1. The average Bonchev–Trinajstić information content (AvgIpc) is 3.14. The second kappa shape index (κ2) is 7.78. The Morgan fingerprint density at radius 2 is 1.85 bits per heavy atom. The molecule has 3 aromatic rings. The molecule has 0 bridgehead atoms. The lowest BCUT2D eigenvalue weighted by atomic mass is 10.1. The molecule has 0 spiro atoms. The van der Waals surface area contributed by atoms with Crippen molar-refractivity contribution < 1.29 is 4.79 Å². The lowest BCUT2D eigenvalue weighted by Gasteiger charge is -2.14. The smallest absolute Gasteiger partial charge is 0.220 e. The van der Waals surface area contributed by atoms with Crippen molar-refractivity contribution in [2.45, 2.75) is 46.6 Å². The van der Waals surface area contributed by atoms with Crippen molar-refractivity contribution in [3.8, 4) is 5.69 Å². The van der Waals surface area contributed by atoms with E-state index in [0.29, 0.717) is 12.8 Å². The van der Waals surface area contributed by atoms with Gasteiger partial charge in [-0.15, -0.1) is 0 Å². The molecular formula is C21H27N5O. The third kappa shape index (κ3) is 3.94. The summed E-state index contributed by atoms with van der Waals surface area (Å²) in [5.41, 5.74) is 6.36. The predicted octanol–water partition coefficient (Wildman–Crippen LogP) is 3.34. The Morgan fingerprint density at radius 3 is 2.48 bits per heavy atom. The van der Waals surface area contributed by atoms with Crippen LogP contribution in [0.25, 0.3) is 5.69 Å². The average molecular weight is 365 g/mol. The van der Waals surface area contributed by atoms with Crippen molar-refractivity contribution in [1.29, 1.82) is 0 Å². The molecule has 27 heavy (non-hydrogen) atoms. The normalized spacial score (nSPS) is 12.2. The minimum atomic E-state index is -0.0916. The zero-order chi connectivity index (χ0) is 19.6. The van der Waals surface area contributed by atoms with Crippen LogP contribution in [0.1, 0.15) is 47.6 Å². The van der Waals surface area contributed by atoms with Gasteiger partial charge in [-0.05, 0) is 51.8 Å². The maximum absolute atomic E-state index is 12.5. The number of aromatic nitrogens is 4. The number of nitrogens with one attached hydrogen (secondary N) is 1. The number of hydrogen-bond acceptors (Lipinski definition) is 3.